The van der Waals surface area contributed by atoms with Gasteiger partial charge in [-0.25, -0.2) is 4.79 Å². The Balaban J connectivity index is 2.93. The van der Waals surface area contributed by atoms with Crippen LogP contribution in [-0.4, -0.2) is 42.6 Å². The molecule has 1 amide bonds. The molecule has 1 aliphatic rings. The molecule has 0 aliphatic carbocycles. The Labute approximate surface area is 133 Å². The molecule has 0 N–H and O–H groups in total. The molecule has 0 saturated carbocycles. The fourth-order valence-corrected chi connectivity index (χ4v) is 2.43. The lowest BCUT2D eigenvalue weighted by Crippen LogP contribution is -2.52. The maximum absolute atomic E-state index is 12.3. The van der Waals surface area contributed by atoms with E-state index in [4.69, 9.17) is 4.74 Å². The minimum absolute atomic E-state index is 0.120. The molecule has 0 saturated heterocycles. The fraction of sp³-hybridized carbons (Fsp3) is 0.769. The predicted octanol–water partition coefficient (Wildman–Crippen LogP) is 3.16. The third kappa shape index (κ3) is 5.02. The van der Waals surface area contributed by atoms with Gasteiger partial charge in [0.05, 0.1) is 0 Å². The van der Waals surface area contributed by atoms with Gasteiger partial charge in [-0.3, -0.25) is 4.90 Å². The molecule has 6 nitrogen and oxygen atoms in total. The minimum Gasteiger partial charge on any atom is -0.444 e. The molecular formula is C13H20F3NO5S. The normalized spacial score (nSPS) is 19.1. The van der Waals surface area contributed by atoms with Crippen LogP contribution in [0.15, 0.2) is 11.8 Å². The lowest BCUT2D eigenvalue weighted by molar-refractivity contribution is -0.0532. The molecule has 1 aliphatic heterocycles. The topological polar surface area (TPSA) is 72.9 Å². The number of hydrogen-bond donors (Lipinski definition) is 0. The molecule has 0 aromatic rings. The number of nitrogens with zero attached hydrogens (tertiary/aromatic N) is 1. The van der Waals surface area contributed by atoms with Gasteiger partial charge in [-0.15, -0.1) is 0 Å². The number of ether oxygens (including phenoxy) is 1. The highest BCUT2D eigenvalue weighted by molar-refractivity contribution is 7.87. The number of alkyl halides is 3. The predicted molar refractivity (Wildman–Crippen MR) is 75.8 cm³/mol. The molecule has 0 spiro atoms. The average Bonchev–Trinajstić information content (AvgIpc) is 2.22. The Morgan fingerprint density at radius 2 is 1.78 bits per heavy atom. The van der Waals surface area contributed by atoms with Crippen molar-refractivity contribution in [3.8, 4) is 0 Å². The van der Waals surface area contributed by atoms with Crippen molar-refractivity contribution in [2.75, 3.05) is 6.54 Å². The van der Waals surface area contributed by atoms with Crippen LogP contribution in [0.5, 0.6) is 0 Å². The second-order valence-corrected chi connectivity index (χ2v) is 8.27. The summed E-state index contributed by atoms with van der Waals surface area (Å²) < 4.78 is 68.5. The van der Waals surface area contributed by atoms with Crippen molar-refractivity contribution in [1.82, 2.24) is 4.90 Å². The number of amides is 1. The van der Waals surface area contributed by atoms with E-state index in [1.807, 2.05) is 0 Å². The van der Waals surface area contributed by atoms with Crippen molar-refractivity contribution in [2.24, 2.45) is 0 Å². The van der Waals surface area contributed by atoms with Crippen molar-refractivity contribution >= 4 is 16.2 Å². The summed E-state index contributed by atoms with van der Waals surface area (Å²) in [5.41, 5.74) is -7.19. The van der Waals surface area contributed by atoms with Gasteiger partial charge >= 0.3 is 21.7 Å². The average molecular weight is 359 g/mol. The Hall–Kier alpha value is -1.45. The molecule has 0 radical (unpaired) electrons. The SMILES string of the molecule is CC(C)(C)OC(=O)N1CC=C(OS(=O)(=O)C(F)(F)F)CC1(C)C. The highest BCUT2D eigenvalue weighted by Gasteiger charge is 2.49. The zero-order valence-electron chi connectivity index (χ0n) is 13.5. The lowest BCUT2D eigenvalue weighted by Gasteiger charge is -2.41. The van der Waals surface area contributed by atoms with Crippen LogP contribution in [-0.2, 0) is 19.0 Å². The van der Waals surface area contributed by atoms with Gasteiger partial charge in [0.25, 0.3) is 0 Å². The first kappa shape index (κ1) is 19.6. The van der Waals surface area contributed by atoms with E-state index >= 15 is 0 Å². The van der Waals surface area contributed by atoms with Crippen LogP contribution in [0.1, 0.15) is 41.0 Å². The van der Waals surface area contributed by atoms with Gasteiger partial charge < -0.3 is 8.92 Å². The van der Waals surface area contributed by atoms with Crippen LogP contribution in [0.2, 0.25) is 0 Å². The molecule has 10 heteroatoms. The first-order chi connectivity index (χ1) is 10.1. The van der Waals surface area contributed by atoms with Gasteiger partial charge in [-0.2, -0.15) is 21.6 Å². The molecule has 0 unspecified atom stereocenters. The van der Waals surface area contributed by atoms with E-state index in [1.165, 1.54) is 4.90 Å². The summed E-state index contributed by atoms with van der Waals surface area (Å²) >= 11 is 0. The summed E-state index contributed by atoms with van der Waals surface area (Å²) in [6, 6.07) is 0. The lowest BCUT2D eigenvalue weighted by atomic mass is 9.94. The summed E-state index contributed by atoms with van der Waals surface area (Å²) in [6.45, 7) is 8.08. The van der Waals surface area contributed by atoms with Gasteiger partial charge in [0.1, 0.15) is 11.4 Å². The van der Waals surface area contributed by atoms with E-state index in [-0.39, 0.29) is 18.7 Å². The third-order valence-corrected chi connectivity index (χ3v) is 3.95. The van der Waals surface area contributed by atoms with E-state index in [0.717, 1.165) is 6.08 Å². The second-order valence-electron chi connectivity index (χ2n) is 6.73. The Bertz CT molecular complexity index is 602. The van der Waals surface area contributed by atoms with Crippen molar-refractivity contribution in [3.63, 3.8) is 0 Å². The summed E-state index contributed by atoms with van der Waals surface area (Å²) in [5, 5.41) is 0. The zero-order chi connectivity index (χ0) is 18.3. The van der Waals surface area contributed by atoms with Crippen LogP contribution < -0.4 is 0 Å². The van der Waals surface area contributed by atoms with E-state index in [0.29, 0.717) is 0 Å². The summed E-state index contributed by atoms with van der Waals surface area (Å²) in [7, 11) is -5.72. The molecule has 1 heterocycles. The van der Waals surface area contributed by atoms with Crippen molar-refractivity contribution in [1.29, 1.82) is 0 Å². The maximum atomic E-state index is 12.3. The minimum atomic E-state index is -5.72. The van der Waals surface area contributed by atoms with Gasteiger partial charge in [-0.05, 0) is 40.7 Å². The first-order valence-electron chi connectivity index (χ1n) is 6.76. The Kier molecular flexibility index (Phi) is 5.01. The number of carbonyl (C=O) groups excluding carboxylic acids is 1. The third-order valence-electron chi connectivity index (χ3n) is 2.95. The van der Waals surface area contributed by atoms with E-state index in [1.54, 1.807) is 34.6 Å². The molecule has 0 fully saturated rings. The van der Waals surface area contributed by atoms with Crippen LogP contribution in [0.3, 0.4) is 0 Å². The molecule has 23 heavy (non-hydrogen) atoms. The van der Waals surface area contributed by atoms with Gasteiger partial charge in [-0.1, -0.05) is 0 Å². The van der Waals surface area contributed by atoms with Crippen molar-refractivity contribution in [3.05, 3.63) is 11.8 Å². The number of hydrogen-bond acceptors (Lipinski definition) is 5. The van der Waals surface area contributed by atoms with E-state index < -0.39 is 32.9 Å². The monoisotopic (exact) mass is 359 g/mol. The maximum Gasteiger partial charge on any atom is 0.534 e. The smallest absolute Gasteiger partial charge is 0.444 e. The first-order valence-corrected chi connectivity index (χ1v) is 8.16. The largest absolute Gasteiger partial charge is 0.534 e. The Morgan fingerprint density at radius 3 is 2.17 bits per heavy atom. The van der Waals surface area contributed by atoms with Crippen LogP contribution in [0.25, 0.3) is 0 Å². The molecule has 0 bridgehead atoms. The number of halogens is 3. The highest BCUT2D eigenvalue weighted by Crippen LogP contribution is 2.34. The molecule has 1 rings (SSSR count). The quantitative estimate of drug-likeness (QED) is 0.559. The number of carbonyl (C=O) groups is 1. The Morgan fingerprint density at radius 1 is 1.26 bits per heavy atom. The summed E-state index contributed by atoms with van der Waals surface area (Å²) in [6.07, 6.45) is 0.288. The molecule has 0 atom stereocenters. The van der Waals surface area contributed by atoms with Crippen molar-refractivity contribution in [2.45, 2.75) is 57.7 Å². The zero-order valence-corrected chi connectivity index (χ0v) is 14.3. The van der Waals surface area contributed by atoms with Gasteiger partial charge in [0.15, 0.2) is 0 Å². The summed E-state index contributed by atoms with van der Waals surface area (Å²) in [4.78, 5) is 13.4. The summed E-state index contributed by atoms with van der Waals surface area (Å²) in [5.74, 6) is -0.355. The highest BCUT2D eigenvalue weighted by atomic mass is 32.2. The van der Waals surface area contributed by atoms with Crippen LogP contribution >= 0.6 is 0 Å². The van der Waals surface area contributed by atoms with Gasteiger partial charge in [0, 0.05) is 18.5 Å². The standard InChI is InChI=1S/C13H20F3NO5S/c1-11(2,3)21-10(18)17-7-6-9(8-12(17,4)5)22-23(19,20)13(14,15)16/h6H,7-8H2,1-5H3. The molecule has 134 valence electrons. The van der Waals surface area contributed by atoms with Crippen LogP contribution in [0, 0.1) is 0 Å². The van der Waals surface area contributed by atoms with Crippen LogP contribution in [0.4, 0.5) is 18.0 Å². The van der Waals surface area contributed by atoms with E-state index in [2.05, 4.69) is 4.18 Å². The molecule has 0 aromatic heterocycles. The fourth-order valence-electron chi connectivity index (χ4n) is 1.92. The molecular weight excluding hydrogens is 339 g/mol. The van der Waals surface area contributed by atoms with Crippen molar-refractivity contribution < 1.29 is 35.3 Å². The molecule has 0 aromatic carbocycles. The van der Waals surface area contributed by atoms with E-state index in [9.17, 15) is 26.4 Å². The number of rotatable bonds is 2. The van der Waals surface area contributed by atoms with Gasteiger partial charge in [0.2, 0.25) is 0 Å². The second kappa shape index (κ2) is 5.88.